The summed E-state index contributed by atoms with van der Waals surface area (Å²) in [4.78, 5) is 0. The monoisotopic (exact) mass is 351 g/mol. The van der Waals surface area contributed by atoms with Crippen molar-refractivity contribution in [2.24, 2.45) is 7.05 Å². The summed E-state index contributed by atoms with van der Waals surface area (Å²) in [6.45, 7) is 2.74. The molecule has 0 aliphatic heterocycles. The molecule has 0 bridgehead atoms. The largest absolute Gasteiger partial charge is 0.492 e. The van der Waals surface area contributed by atoms with Crippen molar-refractivity contribution >= 4 is 15.9 Å². The molecule has 21 heavy (non-hydrogen) atoms. The van der Waals surface area contributed by atoms with Crippen molar-refractivity contribution in [1.29, 1.82) is 0 Å². The Labute approximate surface area is 134 Å². The van der Waals surface area contributed by atoms with Gasteiger partial charge in [-0.25, -0.2) is 0 Å². The highest BCUT2D eigenvalue weighted by Crippen LogP contribution is 2.23. The van der Waals surface area contributed by atoms with Gasteiger partial charge in [0.05, 0.1) is 15.9 Å². The fourth-order valence-corrected chi connectivity index (χ4v) is 3.01. The Bertz CT molecular complexity index is 568. The quantitative estimate of drug-likeness (QED) is 0.833. The molecule has 2 aromatic rings. The maximum absolute atomic E-state index is 5.84. The molecule has 1 heterocycles. The average Bonchev–Trinajstić information content (AvgIpc) is 2.79. The minimum atomic E-state index is 0.238. The number of ether oxygens (including phenoxy) is 1. The minimum Gasteiger partial charge on any atom is -0.492 e. The first-order valence-corrected chi connectivity index (χ1v) is 8.00. The number of aromatic nitrogens is 2. The molecule has 0 spiro atoms. The van der Waals surface area contributed by atoms with E-state index in [1.165, 1.54) is 5.69 Å². The van der Waals surface area contributed by atoms with Crippen LogP contribution in [0.25, 0.3) is 0 Å². The number of rotatable bonds is 7. The Balaban J connectivity index is 2.01. The summed E-state index contributed by atoms with van der Waals surface area (Å²) in [6.07, 6.45) is 1.80. The Morgan fingerprint density at radius 2 is 2.05 bits per heavy atom. The van der Waals surface area contributed by atoms with Gasteiger partial charge >= 0.3 is 0 Å². The molecule has 114 valence electrons. The Morgan fingerprint density at radius 3 is 2.62 bits per heavy atom. The Hall–Kier alpha value is -1.33. The lowest BCUT2D eigenvalue weighted by atomic mass is 10.1. The minimum absolute atomic E-state index is 0.238. The van der Waals surface area contributed by atoms with Gasteiger partial charge in [0.2, 0.25) is 0 Å². The fraction of sp³-hybridized carbons (Fsp3) is 0.438. The van der Waals surface area contributed by atoms with Gasteiger partial charge in [0.25, 0.3) is 0 Å². The van der Waals surface area contributed by atoms with Crippen molar-refractivity contribution in [3.63, 3.8) is 0 Å². The molecule has 1 aromatic carbocycles. The molecule has 0 aliphatic carbocycles. The maximum Gasteiger partial charge on any atom is 0.119 e. The van der Waals surface area contributed by atoms with Crippen LogP contribution in [0.15, 0.2) is 34.8 Å². The van der Waals surface area contributed by atoms with Crippen molar-refractivity contribution in [2.75, 3.05) is 13.7 Å². The molecule has 2 rings (SSSR count). The SMILES string of the molecule is CCc1nn(C)c(CC(COc2ccccc2)NC)c1Br. The third kappa shape index (κ3) is 4.08. The number of benzene rings is 1. The molecule has 1 aromatic heterocycles. The van der Waals surface area contributed by atoms with Gasteiger partial charge in [-0.3, -0.25) is 4.68 Å². The van der Waals surface area contributed by atoms with Crippen molar-refractivity contribution < 1.29 is 4.74 Å². The van der Waals surface area contributed by atoms with E-state index in [-0.39, 0.29) is 6.04 Å². The van der Waals surface area contributed by atoms with Gasteiger partial charge in [0, 0.05) is 19.5 Å². The predicted octanol–water partition coefficient (Wildman–Crippen LogP) is 2.95. The van der Waals surface area contributed by atoms with Crippen LogP contribution < -0.4 is 10.1 Å². The smallest absolute Gasteiger partial charge is 0.119 e. The van der Waals surface area contributed by atoms with Crippen LogP contribution in [0, 0.1) is 0 Å². The summed E-state index contributed by atoms with van der Waals surface area (Å²) in [5.74, 6) is 0.899. The van der Waals surface area contributed by atoms with Crippen LogP contribution in [-0.2, 0) is 19.9 Å². The normalized spacial score (nSPS) is 12.4. The number of nitrogens with one attached hydrogen (secondary N) is 1. The molecular weight excluding hydrogens is 330 g/mol. The molecule has 1 atom stereocenters. The van der Waals surface area contributed by atoms with Gasteiger partial charge in [-0.2, -0.15) is 5.10 Å². The number of likely N-dealkylation sites (N-methyl/N-ethyl adjacent to an activating group) is 1. The molecule has 0 saturated carbocycles. The second kappa shape index (κ2) is 7.61. The van der Waals surface area contributed by atoms with Gasteiger partial charge in [0.1, 0.15) is 12.4 Å². The van der Waals surface area contributed by atoms with E-state index in [1.54, 1.807) is 0 Å². The van der Waals surface area contributed by atoms with Gasteiger partial charge in [-0.15, -0.1) is 0 Å². The second-order valence-electron chi connectivity index (χ2n) is 5.00. The lowest BCUT2D eigenvalue weighted by molar-refractivity contribution is 0.268. The highest BCUT2D eigenvalue weighted by molar-refractivity contribution is 9.10. The number of para-hydroxylation sites is 1. The molecule has 1 N–H and O–H groups in total. The van der Waals surface area contributed by atoms with E-state index in [1.807, 2.05) is 49.1 Å². The highest BCUT2D eigenvalue weighted by Gasteiger charge is 2.17. The van der Waals surface area contributed by atoms with Crippen molar-refractivity contribution in [1.82, 2.24) is 15.1 Å². The third-order valence-corrected chi connectivity index (χ3v) is 4.46. The molecule has 0 aliphatic rings. The maximum atomic E-state index is 5.84. The highest BCUT2D eigenvalue weighted by atomic mass is 79.9. The van der Waals surface area contributed by atoms with Crippen LogP contribution in [0.2, 0.25) is 0 Å². The summed E-state index contributed by atoms with van der Waals surface area (Å²) in [5.41, 5.74) is 2.30. The van der Waals surface area contributed by atoms with Gasteiger partial charge in [0.15, 0.2) is 0 Å². The first kappa shape index (κ1) is 16.0. The zero-order valence-electron chi connectivity index (χ0n) is 12.8. The zero-order chi connectivity index (χ0) is 15.2. The lowest BCUT2D eigenvalue weighted by Crippen LogP contribution is -2.34. The zero-order valence-corrected chi connectivity index (χ0v) is 14.4. The molecule has 0 saturated heterocycles. The van der Waals surface area contributed by atoms with E-state index >= 15 is 0 Å². The predicted molar refractivity (Wildman–Crippen MR) is 88.8 cm³/mol. The van der Waals surface area contributed by atoms with Crippen LogP contribution in [0.5, 0.6) is 5.75 Å². The Morgan fingerprint density at radius 1 is 1.33 bits per heavy atom. The van der Waals surface area contributed by atoms with Gasteiger partial charge < -0.3 is 10.1 Å². The summed E-state index contributed by atoms with van der Waals surface area (Å²) in [5, 5.41) is 7.85. The molecule has 1 unspecified atom stereocenters. The van der Waals surface area contributed by atoms with Gasteiger partial charge in [-0.05, 0) is 41.5 Å². The second-order valence-corrected chi connectivity index (χ2v) is 5.79. The van der Waals surface area contributed by atoms with Crippen LogP contribution in [0.1, 0.15) is 18.3 Å². The molecule has 0 amide bonds. The van der Waals surface area contributed by atoms with E-state index in [9.17, 15) is 0 Å². The number of halogens is 1. The molecular formula is C16H22BrN3O. The number of nitrogens with zero attached hydrogens (tertiary/aromatic N) is 2. The van der Waals surface area contributed by atoms with Crippen LogP contribution in [0.3, 0.4) is 0 Å². The Kier molecular flexibility index (Phi) is 5.82. The van der Waals surface area contributed by atoms with Crippen molar-refractivity contribution in [3.05, 3.63) is 46.2 Å². The number of hydrogen-bond acceptors (Lipinski definition) is 3. The molecule has 0 radical (unpaired) electrons. The van der Waals surface area contributed by atoms with E-state index < -0.39 is 0 Å². The van der Waals surface area contributed by atoms with Crippen molar-refractivity contribution in [2.45, 2.75) is 25.8 Å². The number of hydrogen-bond donors (Lipinski definition) is 1. The van der Waals surface area contributed by atoms with E-state index in [0.29, 0.717) is 6.61 Å². The summed E-state index contributed by atoms with van der Waals surface area (Å²) in [7, 11) is 3.95. The summed E-state index contributed by atoms with van der Waals surface area (Å²) in [6, 6.07) is 10.1. The first-order chi connectivity index (χ1) is 10.2. The molecule has 4 nitrogen and oxygen atoms in total. The van der Waals surface area contributed by atoms with E-state index in [2.05, 4.69) is 33.3 Å². The molecule has 5 heteroatoms. The average molecular weight is 352 g/mol. The van der Waals surface area contributed by atoms with Gasteiger partial charge in [-0.1, -0.05) is 25.1 Å². The molecule has 0 fully saturated rings. The van der Waals surface area contributed by atoms with Crippen molar-refractivity contribution in [3.8, 4) is 5.75 Å². The van der Waals surface area contributed by atoms with E-state index in [0.717, 1.165) is 28.8 Å². The number of aryl methyl sites for hydroxylation is 2. The summed E-state index contributed by atoms with van der Waals surface area (Å²) < 4.78 is 8.91. The third-order valence-electron chi connectivity index (χ3n) is 3.55. The van der Waals surface area contributed by atoms with Crippen LogP contribution >= 0.6 is 15.9 Å². The first-order valence-electron chi connectivity index (χ1n) is 7.21. The fourth-order valence-electron chi connectivity index (χ4n) is 2.23. The standard InChI is InChI=1S/C16H22BrN3O/c1-4-14-16(17)15(20(3)19-14)10-12(18-2)11-21-13-8-6-5-7-9-13/h5-9,12,18H,4,10-11H2,1-3H3. The van der Waals surface area contributed by atoms with Crippen LogP contribution in [-0.4, -0.2) is 29.5 Å². The summed E-state index contributed by atoms with van der Waals surface area (Å²) >= 11 is 3.66. The topological polar surface area (TPSA) is 39.1 Å². The van der Waals surface area contributed by atoms with Crippen LogP contribution in [0.4, 0.5) is 0 Å². The lowest BCUT2D eigenvalue weighted by Gasteiger charge is -2.17. The van der Waals surface area contributed by atoms with E-state index in [4.69, 9.17) is 4.74 Å².